The molecule has 8 nitrogen and oxygen atoms in total. The summed E-state index contributed by atoms with van der Waals surface area (Å²) in [5, 5.41) is 6.38. The second-order valence-corrected chi connectivity index (χ2v) is 7.55. The molecule has 156 valence electrons. The summed E-state index contributed by atoms with van der Waals surface area (Å²) in [4.78, 5) is 27.6. The summed E-state index contributed by atoms with van der Waals surface area (Å²) >= 11 is 12.4. The minimum Gasteiger partial charge on any atom is -0.347 e. The predicted octanol–water partition coefficient (Wildman–Crippen LogP) is 4.01. The van der Waals surface area contributed by atoms with Crippen molar-refractivity contribution in [2.75, 3.05) is 29.6 Å². The van der Waals surface area contributed by atoms with Crippen molar-refractivity contribution in [2.45, 2.75) is 13.5 Å². The molecule has 0 bridgehead atoms. The van der Waals surface area contributed by atoms with Gasteiger partial charge in [-0.3, -0.25) is 4.79 Å². The van der Waals surface area contributed by atoms with Gasteiger partial charge in [-0.05, 0) is 30.7 Å². The molecule has 0 spiro atoms. The van der Waals surface area contributed by atoms with Gasteiger partial charge in [0.2, 0.25) is 5.95 Å². The van der Waals surface area contributed by atoms with Crippen LogP contribution < -0.4 is 21.3 Å². The molecule has 1 amide bonds. The fourth-order valence-corrected chi connectivity index (χ4v) is 3.38. The van der Waals surface area contributed by atoms with Crippen LogP contribution in [0.25, 0.3) is 0 Å². The van der Waals surface area contributed by atoms with Crippen LogP contribution in [0.5, 0.6) is 0 Å². The molecular formula is C20H21Cl2N7O. The lowest BCUT2D eigenvalue weighted by molar-refractivity contribution is 0.102. The van der Waals surface area contributed by atoms with Gasteiger partial charge in [0.25, 0.3) is 5.91 Å². The first-order valence-corrected chi connectivity index (χ1v) is 9.78. The molecule has 0 radical (unpaired) electrons. The first kappa shape index (κ1) is 21.8. The number of amides is 1. The number of anilines is 4. The van der Waals surface area contributed by atoms with Crippen molar-refractivity contribution >= 4 is 52.4 Å². The lowest BCUT2D eigenvalue weighted by Crippen LogP contribution is -2.15. The van der Waals surface area contributed by atoms with E-state index in [4.69, 9.17) is 28.9 Å². The van der Waals surface area contributed by atoms with Crippen molar-refractivity contribution < 1.29 is 4.79 Å². The van der Waals surface area contributed by atoms with Gasteiger partial charge < -0.3 is 21.3 Å². The molecule has 3 rings (SSSR count). The Morgan fingerprint density at radius 3 is 2.43 bits per heavy atom. The van der Waals surface area contributed by atoms with Crippen LogP contribution in [0.1, 0.15) is 21.6 Å². The van der Waals surface area contributed by atoms with E-state index < -0.39 is 5.91 Å². The molecule has 0 aliphatic carbocycles. The highest BCUT2D eigenvalue weighted by Crippen LogP contribution is 2.28. The lowest BCUT2D eigenvalue weighted by atomic mass is 10.1. The molecule has 0 aliphatic rings. The summed E-state index contributed by atoms with van der Waals surface area (Å²) in [5.74, 6) is 1.24. The van der Waals surface area contributed by atoms with Gasteiger partial charge in [0.1, 0.15) is 11.6 Å². The molecule has 0 aliphatic heterocycles. The summed E-state index contributed by atoms with van der Waals surface area (Å²) in [6.45, 7) is 2.16. The predicted molar refractivity (Wildman–Crippen MR) is 121 cm³/mol. The summed E-state index contributed by atoms with van der Waals surface area (Å²) < 4.78 is 0. The van der Waals surface area contributed by atoms with Gasteiger partial charge in [0.15, 0.2) is 0 Å². The van der Waals surface area contributed by atoms with Crippen LogP contribution in [0.2, 0.25) is 10.0 Å². The summed E-state index contributed by atoms with van der Waals surface area (Å²) in [6.07, 6.45) is 1.57. The Kier molecular flexibility index (Phi) is 6.71. The van der Waals surface area contributed by atoms with Crippen LogP contribution in [0.15, 0.2) is 36.5 Å². The minimum absolute atomic E-state index is 0.184. The van der Waals surface area contributed by atoms with Crippen molar-refractivity contribution in [3.05, 3.63) is 63.4 Å². The molecule has 1 aromatic carbocycles. The SMILES string of the molecule is Cc1cc(Nc2cc(NC(=O)c3c(Cl)cc(CN)cc3Cl)ccn2)nc(N(C)C)n1. The number of rotatable bonds is 6. The number of aryl methyl sites for hydroxylation is 1. The summed E-state index contributed by atoms with van der Waals surface area (Å²) in [7, 11) is 3.73. The second-order valence-electron chi connectivity index (χ2n) is 6.74. The van der Waals surface area contributed by atoms with E-state index in [1.54, 1.807) is 36.5 Å². The number of hydrogen-bond acceptors (Lipinski definition) is 7. The van der Waals surface area contributed by atoms with E-state index in [2.05, 4.69) is 25.6 Å². The van der Waals surface area contributed by atoms with Gasteiger partial charge in [-0.25, -0.2) is 9.97 Å². The zero-order valence-corrected chi connectivity index (χ0v) is 18.2. The first-order valence-electron chi connectivity index (χ1n) is 9.02. The number of halogens is 2. The van der Waals surface area contributed by atoms with Crippen molar-refractivity contribution in [1.82, 2.24) is 15.0 Å². The van der Waals surface area contributed by atoms with Crippen LogP contribution in [0.3, 0.4) is 0 Å². The molecule has 2 heterocycles. The monoisotopic (exact) mass is 445 g/mol. The smallest absolute Gasteiger partial charge is 0.258 e. The molecule has 0 saturated heterocycles. The van der Waals surface area contributed by atoms with Crippen LogP contribution in [-0.2, 0) is 6.54 Å². The van der Waals surface area contributed by atoms with Gasteiger partial charge >= 0.3 is 0 Å². The summed E-state index contributed by atoms with van der Waals surface area (Å²) in [5.41, 5.74) is 7.87. The molecular weight excluding hydrogens is 425 g/mol. The number of nitrogens with two attached hydrogens (primary N) is 1. The zero-order valence-electron chi connectivity index (χ0n) is 16.7. The van der Waals surface area contributed by atoms with Gasteiger partial charge in [0, 0.05) is 50.4 Å². The van der Waals surface area contributed by atoms with Gasteiger partial charge in [0.05, 0.1) is 15.6 Å². The van der Waals surface area contributed by atoms with Gasteiger partial charge in [-0.1, -0.05) is 23.2 Å². The number of hydrogen-bond donors (Lipinski definition) is 3. The van der Waals surface area contributed by atoms with Crippen LogP contribution in [0.4, 0.5) is 23.3 Å². The molecule has 3 aromatic rings. The van der Waals surface area contributed by atoms with Gasteiger partial charge in [-0.2, -0.15) is 4.98 Å². The average molecular weight is 446 g/mol. The van der Waals surface area contributed by atoms with Crippen LogP contribution in [-0.4, -0.2) is 35.0 Å². The molecule has 0 unspecified atom stereocenters. The standard InChI is InChI=1S/C20H21Cl2N7O/c1-11-6-17(28-20(25-11)29(2)3)27-16-9-13(4-5-24-16)26-19(30)18-14(21)7-12(10-23)8-15(18)22/h4-9H,10,23H2,1-3H3,(H2,24,25,26,27,28,30). The number of pyridine rings is 1. The molecule has 0 saturated carbocycles. The van der Waals surface area contributed by atoms with E-state index in [1.165, 1.54) is 0 Å². The average Bonchev–Trinajstić information content (AvgIpc) is 2.67. The molecule has 0 atom stereocenters. The fourth-order valence-electron chi connectivity index (χ4n) is 2.68. The first-order chi connectivity index (χ1) is 14.3. The Hall–Kier alpha value is -2.94. The minimum atomic E-state index is -0.432. The second kappa shape index (κ2) is 9.25. The number of carbonyl (C=O) groups is 1. The third-order valence-corrected chi connectivity index (χ3v) is 4.68. The van der Waals surface area contributed by atoms with Crippen molar-refractivity contribution in [3.8, 4) is 0 Å². The Morgan fingerprint density at radius 2 is 1.80 bits per heavy atom. The van der Waals surface area contributed by atoms with Crippen molar-refractivity contribution in [3.63, 3.8) is 0 Å². The highest BCUT2D eigenvalue weighted by Gasteiger charge is 2.16. The lowest BCUT2D eigenvalue weighted by Gasteiger charge is -2.14. The topological polar surface area (TPSA) is 109 Å². The van der Waals surface area contributed by atoms with E-state index in [-0.39, 0.29) is 22.2 Å². The van der Waals surface area contributed by atoms with Crippen molar-refractivity contribution in [2.24, 2.45) is 5.73 Å². The van der Waals surface area contributed by atoms with Crippen molar-refractivity contribution in [1.29, 1.82) is 0 Å². The molecule has 30 heavy (non-hydrogen) atoms. The highest BCUT2D eigenvalue weighted by molar-refractivity contribution is 6.40. The molecule has 2 aromatic heterocycles. The fraction of sp³-hybridized carbons (Fsp3) is 0.200. The molecule has 4 N–H and O–H groups in total. The largest absolute Gasteiger partial charge is 0.347 e. The van der Waals surface area contributed by atoms with E-state index in [0.717, 1.165) is 11.3 Å². The maximum absolute atomic E-state index is 12.7. The maximum atomic E-state index is 12.7. The Bertz CT molecular complexity index is 1070. The number of aromatic nitrogens is 3. The normalized spacial score (nSPS) is 10.6. The zero-order chi connectivity index (χ0) is 21.8. The van der Waals surface area contributed by atoms with Crippen LogP contribution >= 0.6 is 23.2 Å². The number of nitrogens with zero attached hydrogens (tertiary/aromatic N) is 4. The molecule has 10 heteroatoms. The maximum Gasteiger partial charge on any atom is 0.258 e. The summed E-state index contributed by atoms with van der Waals surface area (Å²) in [6, 6.07) is 8.40. The Morgan fingerprint density at radius 1 is 1.10 bits per heavy atom. The Labute approximate surface area is 184 Å². The van der Waals surface area contributed by atoms with Gasteiger partial charge in [-0.15, -0.1) is 0 Å². The number of benzene rings is 1. The third kappa shape index (κ3) is 5.15. The van der Waals surface area contributed by atoms with E-state index in [1.807, 2.05) is 25.9 Å². The number of nitrogens with one attached hydrogen (secondary N) is 2. The van der Waals surface area contributed by atoms with Crippen LogP contribution in [0, 0.1) is 6.92 Å². The quantitative estimate of drug-likeness (QED) is 0.525. The third-order valence-electron chi connectivity index (χ3n) is 4.08. The highest BCUT2D eigenvalue weighted by atomic mass is 35.5. The molecule has 0 fully saturated rings. The Balaban J connectivity index is 1.81. The van der Waals surface area contributed by atoms with E-state index in [9.17, 15) is 4.79 Å². The van der Waals surface area contributed by atoms with E-state index >= 15 is 0 Å². The number of carbonyl (C=O) groups excluding carboxylic acids is 1. The van der Waals surface area contributed by atoms with E-state index in [0.29, 0.717) is 23.3 Å².